The third-order valence-electron chi connectivity index (χ3n) is 2.13. The second-order valence-electron chi connectivity index (χ2n) is 3.24. The van der Waals surface area contributed by atoms with E-state index in [2.05, 4.69) is 5.32 Å². The van der Waals surface area contributed by atoms with E-state index in [1.54, 1.807) is 18.2 Å². The first kappa shape index (κ1) is 11.7. The fourth-order valence-corrected chi connectivity index (χ4v) is 1.38. The molecule has 82 valence electrons. The molecule has 0 amide bonds. The highest BCUT2D eigenvalue weighted by Gasteiger charge is 2.17. The van der Waals surface area contributed by atoms with Gasteiger partial charge in [0.15, 0.2) is 0 Å². The van der Waals surface area contributed by atoms with Crippen molar-refractivity contribution in [1.82, 2.24) is 5.32 Å². The van der Waals surface area contributed by atoms with Crippen LogP contribution in [0.15, 0.2) is 24.3 Å². The van der Waals surface area contributed by atoms with Crippen molar-refractivity contribution in [2.24, 2.45) is 0 Å². The second-order valence-corrected chi connectivity index (χ2v) is 3.24. The first-order valence-electron chi connectivity index (χ1n) is 4.84. The highest BCUT2D eigenvalue weighted by atomic mass is 19.1. The fourth-order valence-electron chi connectivity index (χ4n) is 1.38. The topological polar surface area (TPSA) is 49.3 Å². The van der Waals surface area contributed by atoms with E-state index in [4.69, 9.17) is 5.11 Å². The summed E-state index contributed by atoms with van der Waals surface area (Å²) in [4.78, 5) is 10.8. The number of hydrogen-bond donors (Lipinski definition) is 2. The van der Waals surface area contributed by atoms with Gasteiger partial charge in [0.2, 0.25) is 0 Å². The Hall–Kier alpha value is -1.42. The van der Waals surface area contributed by atoms with E-state index in [0.29, 0.717) is 12.1 Å². The Bertz CT molecular complexity index is 341. The zero-order valence-corrected chi connectivity index (χ0v) is 8.53. The largest absolute Gasteiger partial charge is 0.480 e. The highest BCUT2D eigenvalue weighted by Crippen LogP contribution is 2.09. The number of carboxylic acid groups (broad SMARTS) is 1. The third kappa shape index (κ3) is 3.32. The van der Waals surface area contributed by atoms with Crippen molar-refractivity contribution < 1.29 is 14.3 Å². The molecule has 1 rings (SSSR count). The Morgan fingerprint density at radius 1 is 1.53 bits per heavy atom. The average molecular weight is 211 g/mol. The molecule has 1 aromatic rings. The Kier molecular flexibility index (Phi) is 4.24. The number of rotatable bonds is 5. The van der Waals surface area contributed by atoms with Crippen LogP contribution in [0.5, 0.6) is 0 Å². The van der Waals surface area contributed by atoms with Crippen LogP contribution in [0.1, 0.15) is 12.5 Å². The van der Waals surface area contributed by atoms with E-state index < -0.39 is 12.0 Å². The zero-order valence-electron chi connectivity index (χ0n) is 8.53. The Balaban J connectivity index is 2.74. The van der Waals surface area contributed by atoms with E-state index in [0.717, 1.165) is 0 Å². The summed E-state index contributed by atoms with van der Waals surface area (Å²) in [5.41, 5.74) is 0.422. The number of hydrogen-bond acceptors (Lipinski definition) is 2. The van der Waals surface area contributed by atoms with Gasteiger partial charge in [0.05, 0.1) is 0 Å². The fraction of sp³-hybridized carbons (Fsp3) is 0.364. The van der Waals surface area contributed by atoms with Crippen LogP contribution in [0.4, 0.5) is 4.39 Å². The first-order chi connectivity index (χ1) is 7.15. The van der Waals surface area contributed by atoms with E-state index in [1.165, 1.54) is 6.07 Å². The average Bonchev–Trinajstić information content (AvgIpc) is 2.20. The molecule has 0 heterocycles. The van der Waals surface area contributed by atoms with E-state index in [1.807, 2.05) is 6.92 Å². The van der Waals surface area contributed by atoms with Gasteiger partial charge in [-0.1, -0.05) is 25.1 Å². The van der Waals surface area contributed by atoms with Crippen LogP contribution < -0.4 is 5.32 Å². The maximum atomic E-state index is 13.2. The number of carboxylic acids is 1. The number of carbonyl (C=O) groups is 1. The van der Waals surface area contributed by atoms with Crippen molar-refractivity contribution >= 4 is 5.97 Å². The molecule has 0 aromatic heterocycles. The standard InChI is InChI=1S/C11H14FNO2/c1-2-13-10(11(14)15)7-8-5-3-4-6-9(8)12/h3-6,10,13H,2,7H2,1H3,(H,14,15)/t10-/m0/s1. The summed E-state index contributed by atoms with van der Waals surface area (Å²) in [5, 5.41) is 11.7. The van der Waals surface area contributed by atoms with Gasteiger partial charge in [0.25, 0.3) is 0 Å². The van der Waals surface area contributed by atoms with Crippen LogP contribution >= 0.6 is 0 Å². The van der Waals surface area contributed by atoms with Crippen LogP contribution in [0.3, 0.4) is 0 Å². The molecular formula is C11H14FNO2. The quantitative estimate of drug-likeness (QED) is 0.774. The van der Waals surface area contributed by atoms with Gasteiger partial charge >= 0.3 is 5.97 Å². The van der Waals surface area contributed by atoms with Crippen LogP contribution in [0.2, 0.25) is 0 Å². The summed E-state index contributed by atoms with van der Waals surface area (Å²) in [7, 11) is 0. The molecule has 0 radical (unpaired) electrons. The summed E-state index contributed by atoms with van der Waals surface area (Å²) >= 11 is 0. The predicted octanol–water partition coefficient (Wildman–Crippen LogP) is 1.43. The van der Waals surface area contributed by atoms with Crippen LogP contribution in [0, 0.1) is 5.82 Å². The molecule has 2 N–H and O–H groups in total. The van der Waals surface area contributed by atoms with Crippen LogP contribution in [0.25, 0.3) is 0 Å². The Morgan fingerprint density at radius 2 is 2.20 bits per heavy atom. The summed E-state index contributed by atoms with van der Waals surface area (Å²) in [6, 6.07) is 5.49. The van der Waals surface area contributed by atoms with Crippen molar-refractivity contribution in [3.63, 3.8) is 0 Å². The smallest absolute Gasteiger partial charge is 0.321 e. The molecule has 0 fully saturated rings. The number of benzene rings is 1. The summed E-state index contributed by atoms with van der Waals surface area (Å²) in [6.45, 7) is 2.36. The normalized spacial score (nSPS) is 12.4. The molecule has 0 aliphatic rings. The van der Waals surface area contributed by atoms with Crippen LogP contribution in [-0.4, -0.2) is 23.7 Å². The molecule has 1 atom stereocenters. The molecule has 0 aliphatic carbocycles. The summed E-state index contributed by atoms with van der Waals surface area (Å²) < 4.78 is 13.2. The van der Waals surface area contributed by atoms with Gasteiger partial charge in [0, 0.05) is 6.42 Å². The lowest BCUT2D eigenvalue weighted by Gasteiger charge is -2.13. The lowest BCUT2D eigenvalue weighted by Crippen LogP contribution is -2.38. The van der Waals surface area contributed by atoms with Gasteiger partial charge < -0.3 is 10.4 Å². The maximum Gasteiger partial charge on any atom is 0.321 e. The van der Waals surface area contributed by atoms with Gasteiger partial charge in [-0.3, -0.25) is 4.79 Å². The monoisotopic (exact) mass is 211 g/mol. The molecule has 0 aliphatic heterocycles. The molecule has 3 nitrogen and oxygen atoms in total. The van der Waals surface area contributed by atoms with E-state index in [9.17, 15) is 9.18 Å². The minimum atomic E-state index is -0.958. The van der Waals surface area contributed by atoms with Gasteiger partial charge in [-0.25, -0.2) is 4.39 Å². The van der Waals surface area contributed by atoms with Gasteiger partial charge in [-0.2, -0.15) is 0 Å². The van der Waals surface area contributed by atoms with Gasteiger partial charge in [0.1, 0.15) is 11.9 Å². The molecule has 1 aromatic carbocycles. The number of halogens is 1. The molecule has 0 unspecified atom stereocenters. The summed E-state index contributed by atoms with van der Waals surface area (Å²) in [6.07, 6.45) is 0.163. The molecule has 0 spiro atoms. The predicted molar refractivity (Wildman–Crippen MR) is 55.2 cm³/mol. The zero-order chi connectivity index (χ0) is 11.3. The van der Waals surface area contributed by atoms with Crippen molar-refractivity contribution in [1.29, 1.82) is 0 Å². The van der Waals surface area contributed by atoms with E-state index >= 15 is 0 Å². The number of aliphatic carboxylic acids is 1. The first-order valence-corrected chi connectivity index (χ1v) is 4.84. The number of nitrogens with one attached hydrogen (secondary N) is 1. The van der Waals surface area contributed by atoms with Crippen molar-refractivity contribution in [3.05, 3.63) is 35.6 Å². The summed E-state index contributed by atoms with van der Waals surface area (Å²) in [5.74, 6) is -1.32. The molecule has 0 bridgehead atoms. The Morgan fingerprint density at radius 3 is 2.73 bits per heavy atom. The maximum absolute atomic E-state index is 13.2. The highest BCUT2D eigenvalue weighted by molar-refractivity contribution is 5.73. The Labute approximate surface area is 87.9 Å². The van der Waals surface area contributed by atoms with Crippen LogP contribution in [-0.2, 0) is 11.2 Å². The molecule has 0 saturated carbocycles. The van der Waals surface area contributed by atoms with E-state index in [-0.39, 0.29) is 12.2 Å². The molecule has 4 heteroatoms. The molecular weight excluding hydrogens is 197 g/mol. The lowest BCUT2D eigenvalue weighted by atomic mass is 10.1. The van der Waals surface area contributed by atoms with Crippen molar-refractivity contribution in [2.75, 3.05) is 6.54 Å². The molecule has 15 heavy (non-hydrogen) atoms. The van der Waals surface area contributed by atoms with Gasteiger partial charge in [-0.05, 0) is 18.2 Å². The molecule has 0 saturated heterocycles. The number of likely N-dealkylation sites (N-methyl/N-ethyl adjacent to an activating group) is 1. The van der Waals surface area contributed by atoms with Crippen molar-refractivity contribution in [2.45, 2.75) is 19.4 Å². The van der Waals surface area contributed by atoms with Crippen molar-refractivity contribution in [3.8, 4) is 0 Å². The van der Waals surface area contributed by atoms with Gasteiger partial charge in [-0.15, -0.1) is 0 Å². The third-order valence-corrected chi connectivity index (χ3v) is 2.13. The minimum Gasteiger partial charge on any atom is -0.480 e. The lowest BCUT2D eigenvalue weighted by molar-refractivity contribution is -0.139. The second kappa shape index (κ2) is 5.46. The SMILES string of the molecule is CCN[C@@H](Cc1ccccc1F)C(=O)O. The minimum absolute atomic E-state index is 0.163.